The molecule has 5 nitrogen and oxygen atoms in total. The first-order valence-electron chi connectivity index (χ1n) is 7.90. The Labute approximate surface area is 139 Å². The Kier molecular flexibility index (Phi) is 3.93. The first-order chi connectivity index (χ1) is 11.3. The van der Waals surface area contributed by atoms with Crippen LogP contribution in [-0.4, -0.2) is 37.7 Å². The molecule has 0 saturated heterocycles. The van der Waals surface area contributed by atoms with Gasteiger partial charge in [0.15, 0.2) is 5.82 Å². The molecule has 0 amide bonds. The minimum absolute atomic E-state index is 0.840. The number of benzene rings is 1. The number of rotatable bonds is 3. The lowest BCUT2D eigenvalue weighted by Crippen LogP contribution is -2.26. The summed E-state index contributed by atoms with van der Waals surface area (Å²) in [5.74, 6) is 1.93. The van der Waals surface area contributed by atoms with Crippen molar-refractivity contribution < 1.29 is 0 Å². The van der Waals surface area contributed by atoms with Crippen molar-refractivity contribution in [3.05, 3.63) is 52.2 Å². The number of nitrogens with zero attached hydrogens (tertiary/aromatic N) is 5. The van der Waals surface area contributed by atoms with Gasteiger partial charge in [-0.15, -0.1) is 11.3 Å². The maximum absolute atomic E-state index is 4.75. The first kappa shape index (κ1) is 14.5. The van der Waals surface area contributed by atoms with E-state index in [0.29, 0.717) is 0 Å². The van der Waals surface area contributed by atoms with Gasteiger partial charge in [-0.1, -0.05) is 30.3 Å². The molecule has 0 unspecified atom stereocenters. The lowest BCUT2D eigenvalue weighted by atomic mass is 10.2. The third-order valence-electron chi connectivity index (χ3n) is 4.27. The van der Waals surface area contributed by atoms with Crippen LogP contribution in [-0.2, 0) is 19.5 Å². The van der Waals surface area contributed by atoms with Gasteiger partial charge in [0.05, 0.1) is 17.7 Å². The fourth-order valence-electron chi connectivity index (χ4n) is 2.89. The summed E-state index contributed by atoms with van der Waals surface area (Å²) in [5.41, 5.74) is 4.17. The van der Waals surface area contributed by atoms with Gasteiger partial charge in [-0.2, -0.15) is 5.10 Å². The van der Waals surface area contributed by atoms with E-state index in [1.807, 2.05) is 23.7 Å². The molecule has 0 radical (unpaired) electrons. The zero-order valence-electron chi connectivity index (χ0n) is 13.1. The maximum Gasteiger partial charge on any atom is 0.181 e. The summed E-state index contributed by atoms with van der Waals surface area (Å²) >= 11 is 1.74. The standard InChI is InChI=1S/C17H19N5S/c1-13-15(23-12-18-13)11-21-8-7-16-19-17(20-22(16)10-9-21)14-5-3-2-4-6-14/h2-6,12H,7-11H2,1H3. The monoisotopic (exact) mass is 325 g/mol. The van der Waals surface area contributed by atoms with Gasteiger partial charge >= 0.3 is 0 Å². The highest BCUT2D eigenvalue weighted by Gasteiger charge is 2.18. The summed E-state index contributed by atoms with van der Waals surface area (Å²) in [4.78, 5) is 12.9. The number of aryl methyl sites for hydroxylation is 1. The predicted molar refractivity (Wildman–Crippen MR) is 91.3 cm³/mol. The summed E-state index contributed by atoms with van der Waals surface area (Å²) in [7, 11) is 0. The minimum atomic E-state index is 0.840. The largest absolute Gasteiger partial charge is 0.296 e. The topological polar surface area (TPSA) is 46.8 Å². The van der Waals surface area contributed by atoms with E-state index in [2.05, 4.69) is 33.6 Å². The van der Waals surface area contributed by atoms with Crippen LogP contribution in [0.3, 0.4) is 0 Å². The van der Waals surface area contributed by atoms with Gasteiger partial charge in [0.25, 0.3) is 0 Å². The van der Waals surface area contributed by atoms with Gasteiger partial charge in [-0.05, 0) is 6.92 Å². The van der Waals surface area contributed by atoms with Crippen LogP contribution in [0.1, 0.15) is 16.4 Å². The Morgan fingerprint density at radius 1 is 1.13 bits per heavy atom. The molecule has 0 fully saturated rings. The quantitative estimate of drug-likeness (QED) is 0.743. The fraction of sp³-hybridized carbons (Fsp3) is 0.353. The Balaban J connectivity index is 1.48. The van der Waals surface area contributed by atoms with E-state index in [0.717, 1.165) is 55.5 Å². The van der Waals surface area contributed by atoms with Gasteiger partial charge in [-0.25, -0.2) is 14.6 Å². The summed E-state index contributed by atoms with van der Waals surface area (Å²) in [6.07, 6.45) is 0.942. The fourth-order valence-corrected chi connectivity index (χ4v) is 3.71. The van der Waals surface area contributed by atoms with E-state index >= 15 is 0 Å². The van der Waals surface area contributed by atoms with Crippen LogP contribution >= 0.6 is 11.3 Å². The summed E-state index contributed by atoms with van der Waals surface area (Å²) in [6, 6.07) is 10.2. The molecule has 23 heavy (non-hydrogen) atoms. The van der Waals surface area contributed by atoms with Crippen molar-refractivity contribution in [3.8, 4) is 11.4 Å². The molecular weight excluding hydrogens is 306 g/mol. The third-order valence-corrected chi connectivity index (χ3v) is 5.19. The van der Waals surface area contributed by atoms with Crippen LogP contribution < -0.4 is 0 Å². The van der Waals surface area contributed by atoms with Crippen LogP contribution in [0.2, 0.25) is 0 Å². The second-order valence-corrected chi connectivity index (χ2v) is 6.77. The summed E-state index contributed by atoms with van der Waals surface area (Å²) in [5, 5.41) is 4.70. The minimum Gasteiger partial charge on any atom is -0.296 e. The van der Waals surface area contributed by atoms with Crippen LogP contribution in [0.4, 0.5) is 0 Å². The van der Waals surface area contributed by atoms with E-state index in [-0.39, 0.29) is 0 Å². The Morgan fingerprint density at radius 3 is 2.78 bits per heavy atom. The Morgan fingerprint density at radius 2 is 2.00 bits per heavy atom. The lowest BCUT2D eigenvalue weighted by Gasteiger charge is -2.18. The highest BCUT2D eigenvalue weighted by Crippen LogP contribution is 2.19. The molecule has 0 atom stereocenters. The molecule has 2 aromatic heterocycles. The number of fused-ring (bicyclic) bond motifs is 1. The van der Waals surface area contributed by atoms with Crippen LogP contribution in [0.5, 0.6) is 0 Å². The van der Waals surface area contributed by atoms with E-state index in [1.54, 1.807) is 11.3 Å². The normalized spacial score (nSPS) is 15.3. The van der Waals surface area contributed by atoms with Gasteiger partial charge in [-0.3, -0.25) is 4.90 Å². The van der Waals surface area contributed by atoms with Crippen molar-refractivity contribution in [1.82, 2.24) is 24.6 Å². The van der Waals surface area contributed by atoms with E-state index in [4.69, 9.17) is 10.1 Å². The van der Waals surface area contributed by atoms with E-state index < -0.39 is 0 Å². The van der Waals surface area contributed by atoms with Crippen LogP contribution in [0, 0.1) is 6.92 Å². The third kappa shape index (κ3) is 3.04. The molecule has 0 bridgehead atoms. The second kappa shape index (κ2) is 6.22. The summed E-state index contributed by atoms with van der Waals surface area (Å²) in [6.45, 7) is 5.98. The maximum atomic E-state index is 4.75. The second-order valence-electron chi connectivity index (χ2n) is 5.83. The SMILES string of the molecule is Cc1ncsc1CN1CCc2nc(-c3ccccc3)nn2CC1. The van der Waals surface area contributed by atoms with Crippen molar-refractivity contribution in [2.24, 2.45) is 0 Å². The molecular formula is C17H19N5S. The number of hydrogen-bond donors (Lipinski definition) is 0. The van der Waals surface area contributed by atoms with Gasteiger partial charge in [0.2, 0.25) is 0 Å². The zero-order chi connectivity index (χ0) is 15.6. The molecule has 3 aromatic rings. The highest BCUT2D eigenvalue weighted by atomic mass is 32.1. The predicted octanol–water partition coefficient (Wildman–Crippen LogP) is 2.77. The molecule has 0 spiro atoms. The molecule has 0 N–H and O–H groups in total. The average molecular weight is 325 g/mol. The van der Waals surface area contributed by atoms with Crippen molar-refractivity contribution in [2.45, 2.75) is 26.4 Å². The average Bonchev–Trinajstić information content (AvgIpc) is 3.12. The molecule has 0 aliphatic carbocycles. The molecule has 1 aliphatic heterocycles. The Hall–Kier alpha value is -2.05. The van der Waals surface area contributed by atoms with Gasteiger partial charge in [0, 0.05) is 36.5 Å². The number of hydrogen-bond acceptors (Lipinski definition) is 5. The number of aromatic nitrogens is 4. The smallest absolute Gasteiger partial charge is 0.181 e. The molecule has 1 aliphatic rings. The molecule has 1 aromatic carbocycles. The van der Waals surface area contributed by atoms with E-state index in [1.165, 1.54) is 4.88 Å². The molecule has 4 rings (SSSR count). The van der Waals surface area contributed by atoms with E-state index in [9.17, 15) is 0 Å². The van der Waals surface area contributed by atoms with Crippen LogP contribution in [0.25, 0.3) is 11.4 Å². The van der Waals surface area contributed by atoms with Gasteiger partial charge in [0.1, 0.15) is 5.82 Å². The van der Waals surface area contributed by atoms with Crippen LogP contribution in [0.15, 0.2) is 35.8 Å². The molecule has 6 heteroatoms. The van der Waals surface area contributed by atoms with Crippen molar-refractivity contribution in [3.63, 3.8) is 0 Å². The molecule has 3 heterocycles. The zero-order valence-corrected chi connectivity index (χ0v) is 14.0. The molecule has 118 valence electrons. The molecule has 0 saturated carbocycles. The Bertz CT molecular complexity index is 767. The van der Waals surface area contributed by atoms with Gasteiger partial charge < -0.3 is 0 Å². The van der Waals surface area contributed by atoms with Crippen molar-refractivity contribution in [1.29, 1.82) is 0 Å². The first-order valence-corrected chi connectivity index (χ1v) is 8.78. The van der Waals surface area contributed by atoms with Crippen molar-refractivity contribution in [2.75, 3.05) is 13.1 Å². The highest BCUT2D eigenvalue weighted by molar-refractivity contribution is 7.09. The number of thiazole rings is 1. The summed E-state index contributed by atoms with van der Waals surface area (Å²) < 4.78 is 2.07. The van der Waals surface area contributed by atoms with Crippen molar-refractivity contribution >= 4 is 11.3 Å². The lowest BCUT2D eigenvalue weighted by molar-refractivity contribution is 0.270.